The Hall–Kier alpha value is -3.23. The normalized spacial score (nSPS) is 10.6. The van der Waals surface area contributed by atoms with E-state index < -0.39 is 0 Å². The van der Waals surface area contributed by atoms with E-state index in [2.05, 4.69) is 5.10 Å². The quantitative estimate of drug-likeness (QED) is 0.608. The molecule has 1 aromatic carbocycles. The highest BCUT2D eigenvalue weighted by Gasteiger charge is 2.21. The maximum atomic E-state index is 13.1. The molecule has 2 aromatic heterocycles. The molecule has 0 aliphatic carbocycles. The molecule has 1 amide bonds. The fraction of sp³-hybridized carbons (Fsp3) is 0.300. The largest absolute Gasteiger partial charge is 0.336 e. The number of aromatic nitrogens is 2. The molecular weight excluding hydrogens is 377 g/mol. The molecule has 0 aliphatic heterocycles. The average molecular weight is 395 g/mol. The summed E-state index contributed by atoms with van der Waals surface area (Å²) >= 11 is 1.34. The Morgan fingerprint density at radius 3 is 2.46 bits per heavy atom. The molecule has 0 N–H and O–H groups in total. The van der Waals surface area contributed by atoms with Crippen molar-refractivity contribution < 1.29 is 9.18 Å². The van der Waals surface area contributed by atoms with E-state index in [1.807, 2.05) is 29.8 Å². The Morgan fingerprint density at radius 2 is 1.86 bits per heavy atom. The van der Waals surface area contributed by atoms with Gasteiger partial charge in [0.05, 0.1) is 42.1 Å². The minimum atomic E-state index is -0.288. The molecule has 0 atom stereocenters. The summed E-state index contributed by atoms with van der Waals surface area (Å²) in [4.78, 5) is 15.9. The van der Waals surface area contributed by atoms with Crippen LogP contribution in [0.5, 0.6) is 0 Å². The number of nitriles is 2. The molecule has 142 valence electrons. The third-order valence-corrected chi connectivity index (χ3v) is 5.47. The van der Waals surface area contributed by atoms with Gasteiger partial charge in [-0.05, 0) is 30.7 Å². The summed E-state index contributed by atoms with van der Waals surface area (Å²) in [6.07, 6.45) is 0.443. The van der Waals surface area contributed by atoms with E-state index in [0.717, 1.165) is 21.5 Å². The lowest BCUT2D eigenvalue weighted by Crippen LogP contribution is -2.32. The van der Waals surface area contributed by atoms with Crippen molar-refractivity contribution in [3.05, 3.63) is 52.3 Å². The predicted molar refractivity (Wildman–Crippen MR) is 104 cm³/mol. The third kappa shape index (κ3) is 4.19. The van der Waals surface area contributed by atoms with Crippen LogP contribution in [0.1, 0.15) is 33.8 Å². The Bertz CT molecular complexity index is 1050. The number of aryl methyl sites for hydroxylation is 1. The second-order valence-corrected chi connectivity index (χ2v) is 7.34. The van der Waals surface area contributed by atoms with Gasteiger partial charge in [-0.15, -0.1) is 11.3 Å². The molecule has 3 rings (SSSR count). The standard InChI is InChI=1S/C20H18FN5OS/c1-14-17-12-18(19(27)25(10-2-8-22)11-3-9-23)28-20(17)26(24-14)13-15-4-6-16(21)7-5-15/h4-7,12H,2-3,10-11,13H2,1H3. The van der Waals surface area contributed by atoms with E-state index in [9.17, 15) is 9.18 Å². The molecule has 28 heavy (non-hydrogen) atoms. The first-order chi connectivity index (χ1) is 13.5. The van der Waals surface area contributed by atoms with Gasteiger partial charge in [-0.3, -0.25) is 9.48 Å². The second-order valence-electron chi connectivity index (χ2n) is 6.31. The summed E-state index contributed by atoms with van der Waals surface area (Å²) in [6, 6.07) is 12.1. The van der Waals surface area contributed by atoms with Crippen LogP contribution >= 0.6 is 11.3 Å². The minimum absolute atomic E-state index is 0.181. The van der Waals surface area contributed by atoms with E-state index in [0.29, 0.717) is 24.5 Å². The van der Waals surface area contributed by atoms with E-state index in [1.165, 1.54) is 23.5 Å². The maximum absolute atomic E-state index is 13.1. The Balaban J connectivity index is 1.88. The number of hydrogen-bond donors (Lipinski definition) is 0. The van der Waals surface area contributed by atoms with Crippen LogP contribution < -0.4 is 0 Å². The van der Waals surface area contributed by atoms with Crippen LogP contribution in [-0.2, 0) is 6.54 Å². The Labute approximate surface area is 166 Å². The van der Waals surface area contributed by atoms with Gasteiger partial charge in [0.15, 0.2) is 0 Å². The third-order valence-electron chi connectivity index (χ3n) is 4.34. The summed E-state index contributed by atoms with van der Waals surface area (Å²) < 4.78 is 14.9. The lowest BCUT2D eigenvalue weighted by molar-refractivity contribution is 0.0767. The molecule has 0 radical (unpaired) electrons. The molecule has 0 saturated carbocycles. The Morgan fingerprint density at radius 1 is 1.21 bits per heavy atom. The first-order valence-electron chi connectivity index (χ1n) is 8.78. The highest BCUT2D eigenvalue weighted by atomic mass is 32.1. The highest BCUT2D eigenvalue weighted by molar-refractivity contribution is 7.20. The van der Waals surface area contributed by atoms with Gasteiger partial charge in [0.1, 0.15) is 10.6 Å². The number of benzene rings is 1. The van der Waals surface area contributed by atoms with Gasteiger partial charge in [-0.2, -0.15) is 15.6 Å². The van der Waals surface area contributed by atoms with Gasteiger partial charge in [0.2, 0.25) is 0 Å². The average Bonchev–Trinajstić information content (AvgIpc) is 3.25. The monoisotopic (exact) mass is 395 g/mol. The second kappa shape index (κ2) is 8.64. The number of nitrogens with zero attached hydrogens (tertiary/aromatic N) is 5. The van der Waals surface area contributed by atoms with Crippen LogP contribution in [0.3, 0.4) is 0 Å². The van der Waals surface area contributed by atoms with Crippen LogP contribution in [-0.4, -0.2) is 33.7 Å². The summed E-state index contributed by atoms with van der Waals surface area (Å²) in [5, 5.41) is 23.1. The molecule has 3 aromatic rings. The van der Waals surface area contributed by atoms with Crippen LogP contribution in [0.2, 0.25) is 0 Å². The zero-order valence-electron chi connectivity index (χ0n) is 15.4. The van der Waals surface area contributed by atoms with Gasteiger partial charge < -0.3 is 4.90 Å². The number of fused-ring (bicyclic) bond motifs is 1. The summed E-state index contributed by atoms with van der Waals surface area (Å²) in [5.41, 5.74) is 1.73. The van der Waals surface area contributed by atoms with Crippen molar-refractivity contribution in [2.45, 2.75) is 26.3 Å². The SMILES string of the molecule is Cc1nn(Cc2ccc(F)cc2)c2sc(C(=O)N(CCC#N)CCC#N)cc12. The van der Waals surface area contributed by atoms with Gasteiger partial charge in [-0.1, -0.05) is 12.1 Å². The van der Waals surface area contributed by atoms with Crippen molar-refractivity contribution in [1.29, 1.82) is 10.5 Å². The molecule has 0 spiro atoms. The molecule has 2 heterocycles. The van der Waals surface area contributed by atoms with Crippen LogP contribution in [0.4, 0.5) is 4.39 Å². The van der Waals surface area contributed by atoms with Crippen LogP contribution in [0.15, 0.2) is 30.3 Å². The summed E-state index contributed by atoms with van der Waals surface area (Å²) in [7, 11) is 0. The Kier molecular flexibility index (Phi) is 6.03. The number of hydrogen-bond acceptors (Lipinski definition) is 5. The molecule has 0 fully saturated rings. The van der Waals surface area contributed by atoms with Crippen molar-refractivity contribution in [3.63, 3.8) is 0 Å². The first-order valence-corrected chi connectivity index (χ1v) is 9.59. The van der Waals surface area contributed by atoms with Crippen molar-refractivity contribution >= 4 is 27.5 Å². The van der Waals surface area contributed by atoms with Gasteiger partial charge in [0.25, 0.3) is 5.91 Å². The van der Waals surface area contributed by atoms with Crippen molar-refractivity contribution in [2.75, 3.05) is 13.1 Å². The number of carbonyl (C=O) groups is 1. The zero-order valence-corrected chi connectivity index (χ0v) is 16.2. The predicted octanol–water partition coefficient (Wildman–Crippen LogP) is 3.86. The topological polar surface area (TPSA) is 85.7 Å². The molecular formula is C20H18FN5OS. The lowest BCUT2D eigenvalue weighted by Gasteiger charge is -2.19. The zero-order chi connectivity index (χ0) is 20.1. The van der Waals surface area contributed by atoms with Crippen LogP contribution in [0.25, 0.3) is 10.2 Å². The lowest BCUT2D eigenvalue weighted by atomic mass is 10.2. The number of thiophene rings is 1. The van der Waals surface area contributed by atoms with Crippen molar-refractivity contribution in [2.24, 2.45) is 0 Å². The molecule has 0 bridgehead atoms. The molecule has 0 aliphatic rings. The van der Waals surface area contributed by atoms with Crippen LogP contribution in [0, 0.1) is 35.4 Å². The van der Waals surface area contributed by atoms with Crippen molar-refractivity contribution in [1.82, 2.24) is 14.7 Å². The summed E-state index contributed by atoms with van der Waals surface area (Å²) in [6.45, 7) is 2.96. The highest BCUT2D eigenvalue weighted by Crippen LogP contribution is 2.30. The number of carbonyl (C=O) groups excluding carboxylic acids is 1. The fourth-order valence-electron chi connectivity index (χ4n) is 2.93. The number of rotatable bonds is 7. The summed E-state index contributed by atoms with van der Waals surface area (Å²) in [5.74, 6) is -0.469. The van der Waals surface area contributed by atoms with Gasteiger partial charge >= 0.3 is 0 Å². The smallest absolute Gasteiger partial charge is 0.264 e. The van der Waals surface area contributed by atoms with E-state index in [1.54, 1.807) is 17.0 Å². The van der Waals surface area contributed by atoms with Gasteiger partial charge in [0, 0.05) is 18.5 Å². The molecule has 8 heteroatoms. The van der Waals surface area contributed by atoms with E-state index >= 15 is 0 Å². The fourth-order valence-corrected chi connectivity index (χ4v) is 4.06. The molecule has 0 unspecified atom stereocenters. The van der Waals surface area contributed by atoms with E-state index in [4.69, 9.17) is 10.5 Å². The number of halogens is 1. The van der Waals surface area contributed by atoms with Gasteiger partial charge in [-0.25, -0.2) is 4.39 Å². The first kappa shape index (κ1) is 19.5. The van der Waals surface area contributed by atoms with Crippen molar-refractivity contribution in [3.8, 4) is 12.1 Å². The molecule has 0 saturated heterocycles. The molecule has 6 nitrogen and oxygen atoms in total. The number of amides is 1. The maximum Gasteiger partial charge on any atom is 0.264 e. The minimum Gasteiger partial charge on any atom is -0.336 e. The van der Waals surface area contributed by atoms with E-state index in [-0.39, 0.29) is 24.6 Å².